The van der Waals surface area contributed by atoms with Gasteiger partial charge >= 0.3 is 5.97 Å². The molecule has 104 valence electrons. The first-order valence-electron chi connectivity index (χ1n) is 7.44. The van der Waals surface area contributed by atoms with Gasteiger partial charge in [0.25, 0.3) is 0 Å². The van der Waals surface area contributed by atoms with Gasteiger partial charge in [-0.1, -0.05) is 32.1 Å². The van der Waals surface area contributed by atoms with Crippen LogP contribution in [0.4, 0.5) is 0 Å². The number of aliphatic carboxylic acids is 1. The zero-order valence-corrected chi connectivity index (χ0v) is 11.3. The lowest BCUT2D eigenvalue weighted by atomic mass is 9.95. The molecule has 1 saturated carbocycles. The van der Waals surface area contributed by atoms with Crippen molar-refractivity contribution in [2.75, 3.05) is 32.7 Å². The van der Waals surface area contributed by atoms with Crippen LogP contribution in [0.3, 0.4) is 0 Å². The Bertz CT molecular complexity index is 255. The van der Waals surface area contributed by atoms with Crippen LogP contribution in [0.5, 0.6) is 0 Å². The van der Waals surface area contributed by atoms with Gasteiger partial charge in [-0.25, -0.2) is 0 Å². The molecular formula is C14H26N2O2. The van der Waals surface area contributed by atoms with E-state index in [1.807, 2.05) is 0 Å². The second kappa shape index (κ2) is 7.10. The predicted octanol–water partition coefficient (Wildman–Crippen LogP) is 1.80. The zero-order valence-electron chi connectivity index (χ0n) is 11.3. The lowest BCUT2D eigenvalue weighted by molar-refractivity contribution is -0.138. The average molecular weight is 254 g/mol. The van der Waals surface area contributed by atoms with Crippen LogP contribution < -0.4 is 0 Å². The third kappa shape index (κ3) is 4.25. The summed E-state index contributed by atoms with van der Waals surface area (Å²) in [7, 11) is 0. The first kappa shape index (κ1) is 13.8. The van der Waals surface area contributed by atoms with Crippen LogP contribution in [0.15, 0.2) is 0 Å². The fourth-order valence-electron chi connectivity index (χ4n) is 3.28. The highest BCUT2D eigenvalue weighted by Crippen LogP contribution is 2.22. The Morgan fingerprint density at radius 2 is 1.50 bits per heavy atom. The van der Waals surface area contributed by atoms with Gasteiger partial charge in [0.15, 0.2) is 0 Å². The van der Waals surface area contributed by atoms with E-state index < -0.39 is 5.97 Å². The summed E-state index contributed by atoms with van der Waals surface area (Å²) in [5.74, 6) is -0.700. The van der Waals surface area contributed by atoms with Gasteiger partial charge in [-0.05, 0) is 12.8 Å². The molecule has 1 saturated heterocycles. The molecule has 0 aromatic rings. The number of rotatable bonds is 3. The largest absolute Gasteiger partial charge is 0.480 e. The van der Waals surface area contributed by atoms with Crippen molar-refractivity contribution in [2.24, 2.45) is 0 Å². The molecule has 0 bridgehead atoms. The second-order valence-corrected chi connectivity index (χ2v) is 5.70. The van der Waals surface area contributed by atoms with E-state index in [1.165, 1.54) is 44.9 Å². The maximum atomic E-state index is 10.7. The van der Waals surface area contributed by atoms with E-state index in [0.29, 0.717) is 0 Å². The number of nitrogens with zero attached hydrogens (tertiary/aromatic N) is 2. The number of carbonyl (C=O) groups is 1. The minimum absolute atomic E-state index is 0.207. The van der Waals surface area contributed by atoms with E-state index in [1.54, 1.807) is 0 Å². The summed E-state index contributed by atoms with van der Waals surface area (Å²) in [6, 6.07) is 0.761. The van der Waals surface area contributed by atoms with Crippen molar-refractivity contribution >= 4 is 5.97 Å². The first-order chi connectivity index (χ1) is 8.75. The predicted molar refractivity (Wildman–Crippen MR) is 71.8 cm³/mol. The maximum absolute atomic E-state index is 10.7. The highest BCUT2D eigenvalue weighted by molar-refractivity contribution is 5.69. The molecule has 1 aliphatic heterocycles. The smallest absolute Gasteiger partial charge is 0.317 e. The Hall–Kier alpha value is -0.610. The summed E-state index contributed by atoms with van der Waals surface area (Å²) in [4.78, 5) is 15.3. The molecule has 0 amide bonds. The maximum Gasteiger partial charge on any atom is 0.317 e. The molecule has 0 unspecified atom stereocenters. The summed E-state index contributed by atoms with van der Waals surface area (Å²) in [5, 5.41) is 8.79. The van der Waals surface area contributed by atoms with Gasteiger partial charge in [0, 0.05) is 32.2 Å². The molecule has 4 nitrogen and oxygen atoms in total. The third-order valence-corrected chi connectivity index (χ3v) is 4.36. The van der Waals surface area contributed by atoms with Crippen molar-refractivity contribution in [1.29, 1.82) is 0 Å². The highest BCUT2D eigenvalue weighted by Gasteiger charge is 2.24. The van der Waals surface area contributed by atoms with Crippen LogP contribution in [0.25, 0.3) is 0 Å². The van der Waals surface area contributed by atoms with Crippen LogP contribution in [0, 0.1) is 0 Å². The Morgan fingerprint density at radius 3 is 2.06 bits per heavy atom. The summed E-state index contributed by atoms with van der Waals surface area (Å²) in [6.45, 7) is 4.15. The summed E-state index contributed by atoms with van der Waals surface area (Å²) >= 11 is 0. The van der Waals surface area contributed by atoms with Crippen molar-refractivity contribution < 1.29 is 9.90 Å². The van der Waals surface area contributed by atoms with Crippen LogP contribution in [0.2, 0.25) is 0 Å². The molecule has 2 fully saturated rings. The van der Waals surface area contributed by atoms with Gasteiger partial charge in [-0.15, -0.1) is 0 Å². The highest BCUT2D eigenvalue weighted by atomic mass is 16.4. The standard InChI is InChI=1S/C14H26N2O2/c17-14(18)12-15-8-10-16(11-9-15)13-6-4-2-1-3-5-7-13/h13H,1-12H2,(H,17,18). The van der Waals surface area contributed by atoms with E-state index in [4.69, 9.17) is 5.11 Å². The lowest BCUT2D eigenvalue weighted by Gasteiger charge is -2.39. The summed E-state index contributed by atoms with van der Waals surface area (Å²) < 4.78 is 0. The van der Waals surface area contributed by atoms with Crippen LogP contribution in [0.1, 0.15) is 44.9 Å². The topological polar surface area (TPSA) is 43.8 Å². The minimum Gasteiger partial charge on any atom is -0.480 e. The Labute approximate surface area is 110 Å². The van der Waals surface area contributed by atoms with Crippen LogP contribution >= 0.6 is 0 Å². The fraction of sp³-hybridized carbons (Fsp3) is 0.929. The fourth-order valence-corrected chi connectivity index (χ4v) is 3.28. The second-order valence-electron chi connectivity index (χ2n) is 5.70. The van der Waals surface area contributed by atoms with Crippen molar-refractivity contribution in [3.63, 3.8) is 0 Å². The molecule has 18 heavy (non-hydrogen) atoms. The monoisotopic (exact) mass is 254 g/mol. The van der Waals surface area contributed by atoms with Crippen molar-refractivity contribution in [3.8, 4) is 0 Å². The minimum atomic E-state index is -0.700. The lowest BCUT2D eigenvalue weighted by Crippen LogP contribution is -2.51. The van der Waals surface area contributed by atoms with Gasteiger partial charge in [-0.3, -0.25) is 14.6 Å². The quantitative estimate of drug-likeness (QED) is 0.834. The van der Waals surface area contributed by atoms with Gasteiger partial charge in [0.2, 0.25) is 0 Å². The number of carboxylic acid groups (broad SMARTS) is 1. The molecule has 4 heteroatoms. The molecule has 1 N–H and O–H groups in total. The molecule has 0 aromatic heterocycles. The van der Waals surface area contributed by atoms with Gasteiger partial charge in [0.05, 0.1) is 6.54 Å². The normalized spacial score (nSPS) is 25.6. The molecule has 0 radical (unpaired) electrons. The van der Waals surface area contributed by atoms with E-state index in [-0.39, 0.29) is 6.54 Å². The molecule has 1 heterocycles. The third-order valence-electron chi connectivity index (χ3n) is 4.36. The van der Waals surface area contributed by atoms with Crippen LogP contribution in [-0.4, -0.2) is 59.6 Å². The average Bonchev–Trinajstić information content (AvgIpc) is 2.29. The number of piperazine rings is 1. The van der Waals surface area contributed by atoms with E-state index in [2.05, 4.69) is 9.80 Å². The number of hydrogen-bond donors (Lipinski definition) is 1. The van der Waals surface area contributed by atoms with Crippen molar-refractivity contribution in [3.05, 3.63) is 0 Å². The number of carboxylic acids is 1. The Kier molecular flexibility index (Phi) is 5.45. The van der Waals surface area contributed by atoms with E-state index >= 15 is 0 Å². The Morgan fingerprint density at radius 1 is 0.944 bits per heavy atom. The van der Waals surface area contributed by atoms with E-state index in [0.717, 1.165) is 32.2 Å². The molecular weight excluding hydrogens is 228 g/mol. The van der Waals surface area contributed by atoms with Gasteiger partial charge < -0.3 is 5.11 Å². The molecule has 0 aromatic carbocycles. The number of hydrogen-bond acceptors (Lipinski definition) is 3. The van der Waals surface area contributed by atoms with E-state index in [9.17, 15) is 4.79 Å². The van der Waals surface area contributed by atoms with Gasteiger partial charge in [0.1, 0.15) is 0 Å². The van der Waals surface area contributed by atoms with Crippen molar-refractivity contribution in [2.45, 2.75) is 51.0 Å². The first-order valence-corrected chi connectivity index (χ1v) is 7.44. The molecule has 2 aliphatic rings. The SMILES string of the molecule is O=C(O)CN1CCN(C2CCCCCCC2)CC1. The molecule has 0 atom stereocenters. The van der Waals surface area contributed by atoms with Crippen molar-refractivity contribution in [1.82, 2.24) is 9.80 Å². The van der Waals surface area contributed by atoms with Gasteiger partial charge in [-0.2, -0.15) is 0 Å². The molecule has 2 rings (SSSR count). The summed E-state index contributed by atoms with van der Waals surface area (Å²) in [6.07, 6.45) is 9.65. The Balaban J connectivity index is 1.75. The molecule has 1 aliphatic carbocycles. The summed E-state index contributed by atoms with van der Waals surface area (Å²) in [5.41, 5.74) is 0. The zero-order chi connectivity index (χ0) is 12.8. The molecule has 0 spiro atoms. The van der Waals surface area contributed by atoms with Crippen LogP contribution in [-0.2, 0) is 4.79 Å².